The van der Waals surface area contributed by atoms with E-state index in [9.17, 15) is 0 Å². The normalized spacial score (nSPS) is 11.2. The number of nitrogens with one attached hydrogen (secondary N) is 1. The fourth-order valence-electron chi connectivity index (χ4n) is 2.18. The molecule has 102 valence electrons. The van der Waals surface area contributed by atoms with Crippen LogP contribution in [0.1, 0.15) is 37.7 Å². The maximum Gasteiger partial charge on any atom is 0.113 e. The maximum atomic E-state index is 4.46. The van der Waals surface area contributed by atoms with Gasteiger partial charge in [0.05, 0.1) is 0 Å². The molecule has 0 bridgehead atoms. The zero-order valence-electron chi connectivity index (χ0n) is 12.1. The van der Waals surface area contributed by atoms with E-state index in [0.29, 0.717) is 6.04 Å². The van der Waals surface area contributed by atoms with Crippen LogP contribution < -0.4 is 5.32 Å². The number of imidazole rings is 1. The summed E-state index contributed by atoms with van der Waals surface area (Å²) in [6.07, 6.45) is 4.83. The van der Waals surface area contributed by atoms with Gasteiger partial charge in [-0.2, -0.15) is 0 Å². The summed E-state index contributed by atoms with van der Waals surface area (Å²) in [5.74, 6) is 1.14. The third-order valence-corrected chi connectivity index (χ3v) is 3.31. The Morgan fingerprint density at radius 2 is 1.95 bits per heavy atom. The molecule has 1 N–H and O–H groups in total. The van der Waals surface area contributed by atoms with Gasteiger partial charge in [0.1, 0.15) is 5.82 Å². The standard InChI is InChI=1S/C16H23N3/c1-4-19-10-9-17-16(19)11-14-7-5-6-8-15(14)12-18-13(2)3/h5-10,13,18H,4,11-12H2,1-3H3. The number of aryl methyl sites for hydroxylation is 1. The van der Waals surface area contributed by atoms with Gasteiger partial charge in [-0.3, -0.25) is 0 Å². The number of hydrogen-bond donors (Lipinski definition) is 1. The molecule has 2 aromatic rings. The van der Waals surface area contributed by atoms with Crippen molar-refractivity contribution in [3.05, 3.63) is 53.6 Å². The third kappa shape index (κ3) is 3.67. The first-order chi connectivity index (χ1) is 9.20. The molecular formula is C16H23N3. The van der Waals surface area contributed by atoms with Crippen molar-refractivity contribution in [2.75, 3.05) is 0 Å². The Kier molecular flexibility index (Phi) is 4.74. The maximum absolute atomic E-state index is 4.46. The highest BCUT2D eigenvalue weighted by Gasteiger charge is 2.07. The van der Waals surface area contributed by atoms with E-state index >= 15 is 0 Å². The van der Waals surface area contributed by atoms with Crippen LogP contribution in [-0.4, -0.2) is 15.6 Å². The van der Waals surface area contributed by atoms with E-state index in [1.165, 1.54) is 11.1 Å². The summed E-state index contributed by atoms with van der Waals surface area (Å²) in [4.78, 5) is 4.46. The summed E-state index contributed by atoms with van der Waals surface area (Å²) in [6.45, 7) is 8.39. The van der Waals surface area contributed by atoms with Crippen LogP contribution in [0.2, 0.25) is 0 Å². The van der Waals surface area contributed by atoms with Crippen LogP contribution in [-0.2, 0) is 19.5 Å². The minimum absolute atomic E-state index is 0.505. The predicted molar refractivity (Wildman–Crippen MR) is 79.1 cm³/mol. The Morgan fingerprint density at radius 1 is 1.21 bits per heavy atom. The lowest BCUT2D eigenvalue weighted by atomic mass is 10.0. The minimum atomic E-state index is 0.505. The average Bonchev–Trinajstić information content (AvgIpc) is 2.85. The highest BCUT2D eigenvalue weighted by molar-refractivity contribution is 5.29. The van der Waals surface area contributed by atoms with Crippen LogP contribution in [0.15, 0.2) is 36.7 Å². The first kappa shape index (κ1) is 13.8. The number of hydrogen-bond acceptors (Lipinski definition) is 2. The quantitative estimate of drug-likeness (QED) is 0.862. The van der Waals surface area contributed by atoms with Crippen molar-refractivity contribution < 1.29 is 0 Å². The summed E-state index contributed by atoms with van der Waals surface area (Å²) in [7, 11) is 0. The van der Waals surface area contributed by atoms with Crippen molar-refractivity contribution in [1.82, 2.24) is 14.9 Å². The van der Waals surface area contributed by atoms with E-state index in [1.54, 1.807) is 0 Å². The Balaban J connectivity index is 2.15. The molecule has 0 aliphatic rings. The predicted octanol–water partition coefficient (Wildman–Crippen LogP) is 2.99. The molecule has 0 spiro atoms. The zero-order valence-corrected chi connectivity index (χ0v) is 12.1. The van der Waals surface area contributed by atoms with Gasteiger partial charge in [-0.05, 0) is 18.1 Å². The second-order valence-electron chi connectivity index (χ2n) is 5.11. The largest absolute Gasteiger partial charge is 0.335 e. The number of benzene rings is 1. The molecule has 0 unspecified atom stereocenters. The van der Waals surface area contributed by atoms with Crippen molar-refractivity contribution in [3.63, 3.8) is 0 Å². The summed E-state index contributed by atoms with van der Waals surface area (Å²) in [6, 6.07) is 9.11. The second kappa shape index (κ2) is 6.53. The number of aromatic nitrogens is 2. The molecule has 2 rings (SSSR count). The smallest absolute Gasteiger partial charge is 0.113 e. The van der Waals surface area contributed by atoms with E-state index < -0.39 is 0 Å². The molecule has 3 heteroatoms. The van der Waals surface area contributed by atoms with Crippen molar-refractivity contribution in [2.45, 2.75) is 46.3 Å². The highest BCUT2D eigenvalue weighted by Crippen LogP contribution is 2.14. The van der Waals surface area contributed by atoms with Gasteiger partial charge in [-0.25, -0.2) is 4.98 Å². The van der Waals surface area contributed by atoms with Crippen LogP contribution in [0, 0.1) is 0 Å². The molecule has 3 nitrogen and oxygen atoms in total. The summed E-state index contributed by atoms with van der Waals surface area (Å²) < 4.78 is 2.20. The first-order valence-electron chi connectivity index (χ1n) is 7.01. The van der Waals surface area contributed by atoms with Crippen LogP contribution in [0.3, 0.4) is 0 Å². The fourth-order valence-corrected chi connectivity index (χ4v) is 2.18. The molecule has 19 heavy (non-hydrogen) atoms. The van der Waals surface area contributed by atoms with Crippen molar-refractivity contribution >= 4 is 0 Å². The van der Waals surface area contributed by atoms with E-state index in [2.05, 4.69) is 59.9 Å². The molecule has 0 atom stereocenters. The van der Waals surface area contributed by atoms with E-state index in [0.717, 1.165) is 25.3 Å². The molecule has 0 saturated carbocycles. The van der Waals surface area contributed by atoms with Crippen LogP contribution in [0.25, 0.3) is 0 Å². The van der Waals surface area contributed by atoms with Gasteiger partial charge in [0.2, 0.25) is 0 Å². The molecule has 0 radical (unpaired) electrons. The number of nitrogens with zero attached hydrogens (tertiary/aromatic N) is 2. The molecule has 1 aromatic heterocycles. The fraction of sp³-hybridized carbons (Fsp3) is 0.438. The molecule has 1 heterocycles. The third-order valence-electron chi connectivity index (χ3n) is 3.31. The van der Waals surface area contributed by atoms with Gasteiger partial charge >= 0.3 is 0 Å². The topological polar surface area (TPSA) is 29.9 Å². The Bertz CT molecular complexity index is 514. The van der Waals surface area contributed by atoms with Crippen LogP contribution in [0.4, 0.5) is 0 Å². The van der Waals surface area contributed by atoms with Crippen molar-refractivity contribution in [3.8, 4) is 0 Å². The molecule has 0 aliphatic carbocycles. The average molecular weight is 257 g/mol. The first-order valence-corrected chi connectivity index (χ1v) is 7.01. The van der Waals surface area contributed by atoms with E-state index in [-0.39, 0.29) is 0 Å². The molecule has 0 fully saturated rings. The lowest BCUT2D eigenvalue weighted by Gasteiger charge is -2.13. The van der Waals surface area contributed by atoms with Gasteiger partial charge in [0, 0.05) is 37.9 Å². The number of rotatable bonds is 6. The Hall–Kier alpha value is -1.61. The monoisotopic (exact) mass is 257 g/mol. The van der Waals surface area contributed by atoms with E-state index in [4.69, 9.17) is 0 Å². The second-order valence-corrected chi connectivity index (χ2v) is 5.11. The molecule has 0 saturated heterocycles. The molecular weight excluding hydrogens is 234 g/mol. The van der Waals surface area contributed by atoms with Gasteiger partial charge in [-0.1, -0.05) is 38.1 Å². The lowest BCUT2D eigenvalue weighted by molar-refractivity contribution is 0.586. The zero-order chi connectivity index (χ0) is 13.7. The van der Waals surface area contributed by atoms with Crippen LogP contribution >= 0.6 is 0 Å². The van der Waals surface area contributed by atoms with Gasteiger partial charge < -0.3 is 9.88 Å². The lowest BCUT2D eigenvalue weighted by Crippen LogP contribution is -2.22. The molecule has 0 aliphatic heterocycles. The van der Waals surface area contributed by atoms with Crippen molar-refractivity contribution in [2.24, 2.45) is 0 Å². The Morgan fingerprint density at radius 3 is 2.63 bits per heavy atom. The van der Waals surface area contributed by atoms with Gasteiger partial charge in [0.15, 0.2) is 0 Å². The molecule has 0 amide bonds. The van der Waals surface area contributed by atoms with Gasteiger partial charge in [0.25, 0.3) is 0 Å². The summed E-state index contributed by atoms with van der Waals surface area (Å²) in [5, 5.41) is 3.48. The van der Waals surface area contributed by atoms with Crippen LogP contribution in [0.5, 0.6) is 0 Å². The van der Waals surface area contributed by atoms with Gasteiger partial charge in [-0.15, -0.1) is 0 Å². The minimum Gasteiger partial charge on any atom is -0.335 e. The molecule has 1 aromatic carbocycles. The SMILES string of the molecule is CCn1ccnc1Cc1ccccc1CNC(C)C. The highest BCUT2D eigenvalue weighted by atomic mass is 15.0. The van der Waals surface area contributed by atoms with E-state index in [1.807, 2.05) is 12.4 Å². The summed E-state index contributed by atoms with van der Waals surface area (Å²) in [5.41, 5.74) is 2.72. The summed E-state index contributed by atoms with van der Waals surface area (Å²) >= 11 is 0. The van der Waals surface area contributed by atoms with Crippen molar-refractivity contribution in [1.29, 1.82) is 0 Å². The Labute approximate surface area is 115 Å².